The number of rotatable bonds is 9. The highest BCUT2D eigenvalue weighted by atomic mass is 19.1. The van der Waals surface area contributed by atoms with Gasteiger partial charge in [0.1, 0.15) is 11.6 Å². The molecule has 0 radical (unpaired) electrons. The molecular weight excluding hydrogens is 349 g/mol. The van der Waals surface area contributed by atoms with Gasteiger partial charge in [-0.05, 0) is 30.2 Å². The van der Waals surface area contributed by atoms with Gasteiger partial charge in [-0.25, -0.2) is 4.39 Å². The topological polar surface area (TPSA) is 71.9 Å². The van der Waals surface area contributed by atoms with E-state index in [-0.39, 0.29) is 30.7 Å². The monoisotopic (exact) mass is 374 g/mol. The number of carbonyl (C=O) groups excluding carboxylic acids is 2. The van der Waals surface area contributed by atoms with Crippen LogP contribution in [0.5, 0.6) is 5.75 Å². The minimum atomic E-state index is -0.274. The van der Waals surface area contributed by atoms with E-state index in [1.54, 1.807) is 56.6 Å². The van der Waals surface area contributed by atoms with Crippen LogP contribution in [0, 0.1) is 5.82 Å². The van der Waals surface area contributed by atoms with Gasteiger partial charge < -0.3 is 20.3 Å². The van der Waals surface area contributed by atoms with Crippen molar-refractivity contribution >= 4 is 17.5 Å². The highest BCUT2D eigenvalue weighted by Crippen LogP contribution is 2.16. The zero-order valence-electron chi connectivity index (χ0n) is 15.5. The number of anilines is 1. The summed E-state index contributed by atoms with van der Waals surface area (Å²) >= 11 is 0. The number of nitrogens with one attached hydrogen (secondary N) is 3. The number of hydrogen-bond acceptors (Lipinski definition) is 3. The van der Waals surface area contributed by atoms with Crippen molar-refractivity contribution < 1.29 is 23.6 Å². The third kappa shape index (κ3) is 7.07. The smallest absolute Gasteiger partial charge is 0.279 e. The third-order valence-corrected chi connectivity index (χ3v) is 3.95. The predicted octanol–water partition coefficient (Wildman–Crippen LogP) is 0.646. The second-order valence-electron chi connectivity index (χ2n) is 6.28. The molecule has 2 rings (SSSR count). The highest BCUT2D eigenvalue weighted by molar-refractivity contribution is 5.91. The lowest BCUT2D eigenvalue weighted by atomic mass is 10.1. The lowest BCUT2D eigenvalue weighted by Gasteiger charge is -2.14. The summed E-state index contributed by atoms with van der Waals surface area (Å²) in [5.74, 6) is 0.00404. The molecule has 0 bridgehead atoms. The van der Waals surface area contributed by atoms with Crippen molar-refractivity contribution in [2.24, 2.45) is 0 Å². The SMILES string of the molecule is COc1cccc(NC(=O)C[NH+](C)CC(=O)NCCc2ccccc2F)c1. The van der Waals surface area contributed by atoms with Gasteiger partial charge in [-0.1, -0.05) is 24.3 Å². The molecule has 2 aromatic rings. The van der Waals surface area contributed by atoms with Crippen LogP contribution in [0.4, 0.5) is 10.1 Å². The fourth-order valence-electron chi connectivity index (χ4n) is 2.62. The van der Waals surface area contributed by atoms with Gasteiger partial charge in [0.2, 0.25) is 0 Å². The molecule has 0 aliphatic heterocycles. The molecule has 6 nitrogen and oxygen atoms in total. The Morgan fingerprint density at radius 1 is 1.07 bits per heavy atom. The van der Waals surface area contributed by atoms with E-state index in [1.807, 2.05) is 0 Å². The minimum Gasteiger partial charge on any atom is -0.497 e. The quantitative estimate of drug-likeness (QED) is 0.603. The second kappa shape index (κ2) is 10.3. The van der Waals surface area contributed by atoms with Crippen molar-refractivity contribution in [2.45, 2.75) is 6.42 Å². The van der Waals surface area contributed by atoms with E-state index < -0.39 is 0 Å². The van der Waals surface area contributed by atoms with Gasteiger partial charge in [0, 0.05) is 18.3 Å². The Bertz CT molecular complexity index is 783. The lowest BCUT2D eigenvalue weighted by Crippen LogP contribution is -3.11. The van der Waals surface area contributed by atoms with Gasteiger partial charge in [0.15, 0.2) is 13.1 Å². The number of quaternary nitrogens is 1. The molecule has 2 amide bonds. The zero-order valence-corrected chi connectivity index (χ0v) is 15.5. The van der Waals surface area contributed by atoms with Gasteiger partial charge in [-0.3, -0.25) is 9.59 Å². The van der Waals surface area contributed by atoms with Crippen molar-refractivity contribution in [3.05, 3.63) is 59.9 Å². The molecule has 0 aliphatic carbocycles. The van der Waals surface area contributed by atoms with Crippen LogP contribution in [0.15, 0.2) is 48.5 Å². The summed E-state index contributed by atoms with van der Waals surface area (Å²) in [6.45, 7) is 0.657. The molecule has 27 heavy (non-hydrogen) atoms. The maximum absolute atomic E-state index is 13.5. The molecule has 7 heteroatoms. The van der Waals surface area contributed by atoms with Gasteiger partial charge in [-0.2, -0.15) is 0 Å². The Morgan fingerprint density at radius 3 is 2.56 bits per heavy atom. The summed E-state index contributed by atoms with van der Waals surface area (Å²) in [7, 11) is 3.32. The Labute approximate surface area is 158 Å². The molecular formula is C20H25FN3O3+. The number of halogens is 1. The number of methoxy groups -OCH3 is 1. The Morgan fingerprint density at radius 2 is 1.81 bits per heavy atom. The number of hydrogen-bond donors (Lipinski definition) is 3. The Balaban J connectivity index is 1.70. The first-order chi connectivity index (χ1) is 13.0. The van der Waals surface area contributed by atoms with E-state index >= 15 is 0 Å². The van der Waals surface area contributed by atoms with Crippen LogP contribution in [0.3, 0.4) is 0 Å². The molecule has 0 saturated heterocycles. The van der Waals surface area contributed by atoms with Crippen molar-refractivity contribution in [3.63, 3.8) is 0 Å². The first-order valence-electron chi connectivity index (χ1n) is 8.73. The van der Waals surface area contributed by atoms with Gasteiger partial charge in [0.05, 0.1) is 14.2 Å². The first kappa shape index (κ1) is 20.4. The summed E-state index contributed by atoms with van der Waals surface area (Å²) in [5.41, 5.74) is 1.21. The van der Waals surface area contributed by atoms with E-state index in [0.29, 0.717) is 30.0 Å². The summed E-state index contributed by atoms with van der Waals surface area (Å²) < 4.78 is 18.6. The standard InChI is InChI=1S/C20H24FN3O3/c1-24(14-20(26)23-16-7-5-8-17(12-16)27-2)13-19(25)22-11-10-15-6-3-4-9-18(15)21/h3-9,12H,10-11,13-14H2,1-2H3,(H,22,25)(H,23,26)/p+1. The fraction of sp³-hybridized carbons (Fsp3) is 0.300. The number of benzene rings is 2. The maximum Gasteiger partial charge on any atom is 0.279 e. The van der Waals surface area contributed by atoms with Crippen LogP contribution in [0.1, 0.15) is 5.56 Å². The van der Waals surface area contributed by atoms with Crippen LogP contribution >= 0.6 is 0 Å². The average molecular weight is 374 g/mol. The molecule has 0 fully saturated rings. The van der Waals surface area contributed by atoms with E-state index in [0.717, 1.165) is 4.90 Å². The first-order valence-corrected chi connectivity index (χ1v) is 8.73. The summed E-state index contributed by atoms with van der Waals surface area (Å²) in [5, 5.41) is 5.53. The molecule has 0 spiro atoms. The van der Waals surface area contributed by atoms with Crippen molar-refractivity contribution in [1.82, 2.24) is 5.32 Å². The molecule has 1 atom stereocenters. The molecule has 0 saturated carbocycles. The fourth-order valence-corrected chi connectivity index (χ4v) is 2.62. The van der Waals surface area contributed by atoms with E-state index in [4.69, 9.17) is 4.74 Å². The number of amides is 2. The Hall–Kier alpha value is -2.93. The predicted molar refractivity (Wildman–Crippen MR) is 101 cm³/mol. The molecule has 1 unspecified atom stereocenters. The van der Waals surface area contributed by atoms with Crippen LogP contribution < -0.4 is 20.3 Å². The zero-order chi connectivity index (χ0) is 19.6. The largest absolute Gasteiger partial charge is 0.497 e. The van der Waals surface area contributed by atoms with Crippen LogP contribution in [0.2, 0.25) is 0 Å². The highest BCUT2D eigenvalue weighted by Gasteiger charge is 2.14. The van der Waals surface area contributed by atoms with Crippen LogP contribution in [-0.4, -0.2) is 45.6 Å². The molecule has 0 aliphatic rings. The van der Waals surface area contributed by atoms with Crippen molar-refractivity contribution in [1.29, 1.82) is 0 Å². The molecule has 3 N–H and O–H groups in total. The van der Waals surface area contributed by atoms with Crippen molar-refractivity contribution in [2.75, 3.05) is 39.1 Å². The van der Waals surface area contributed by atoms with E-state index in [2.05, 4.69) is 10.6 Å². The number of ether oxygens (including phenoxy) is 1. The lowest BCUT2D eigenvalue weighted by molar-refractivity contribution is -0.862. The average Bonchev–Trinajstić information content (AvgIpc) is 2.63. The van der Waals surface area contributed by atoms with E-state index in [1.165, 1.54) is 6.07 Å². The molecule has 144 valence electrons. The molecule has 0 heterocycles. The van der Waals surface area contributed by atoms with Crippen LogP contribution in [0.25, 0.3) is 0 Å². The minimum absolute atomic E-state index is 0.151. The number of carbonyl (C=O) groups is 2. The maximum atomic E-state index is 13.5. The second-order valence-corrected chi connectivity index (χ2v) is 6.28. The normalized spacial score (nSPS) is 11.5. The van der Waals surface area contributed by atoms with Gasteiger partial charge in [-0.15, -0.1) is 0 Å². The molecule has 2 aromatic carbocycles. The van der Waals surface area contributed by atoms with Crippen molar-refractivity contribution in [3.8, 4) is 5.75 Å². The third-order valence-electron chi connectivity index (χ3n) is 3.95. The summed E-state index contributed by atoms with van der Waals surface area (Å²) in [6, 6.07) is 13.6. The summed E-state index contributed by atoms with van der Waals surface area (Å²) in [6.07, 6.45) is 0.424. The van der Waals surface area contributed by atoms with Crippen LogP contribution in [-0.2, 0) is 16.0 Å². The molecule has 0 aromatic heterocycles. The Kier molecular flexibility index (Phi) is 7.76. The van der Waals surface area contributed by atoms with Gasteiger partial charge >= 0.3 is 0 Å². The number of likely N-dealkylation sites (N-methyl/N-ethyl adjacent to an activating group) is 1. The van der Waals surface area contributed by atoms with Gasteiger partial charge in [0.25, 0.3) is 11.8 Å². The van der Waals surface area contributed by atoms with E-state index in [9.17, 15) is 14.0 Å². The summed E-state index contributed by atoms with van der Waals surface area (Å²) in [4.78, 5) is 24.8.